The highest BCUT2D eigenvalue weighted by atomic mass is 32.1. The monoisotopic (exact) mass is 606 g/mol. The molecule has 1 atom stereocenters. The number of carbonyl (C=O) groups is 1. The Morgan fingerprint density at radius 3 is 2.70 bits per heavy atom. The van der Waals surface area contributed by atoms with E-state index in [9.17, 15) is 10.1 Å². The van der Waals surface area contributed by atoms with Gasteiger partial charge in [0.1, 0.15) is 34.4 Å². The number of nitrogens with zero attached hydrogens (tertiary/aromatic N) is 4. The molecule has 0 saturated carbocycles. The van der Waals surface area contributed by atoms with Gasteiger partial charge in [-0.1, -0.05) is 0 Å². The molecule has 5 N–H and O–H groups in total. The lowest BCUT2D eigenvalue weighted by Gasteiger charge is -2.40. The van der Waals surface area contributed by atoms with Gasteiger partial charge < -0.3 is 30.7 Å². The summed E-state index contributed by atoms with van der Waals surface area (Å²) < 4.78 is 12.0. The lowest BCUT2D eigenvalue weighted by Crippen LogP contribution is -2.49. The number of fused-ring (bicyclic) bond motifs is 1. The van der Waals surface area contributed by atoms with Crippen LogP contribution in [0.2, 0.25) is 0 Å². The summed E-state index contributed by atoms with van der Waals surface area (Å²) in [5, 5.41) is 25.5. The number of rotatable bonds is 6. The number of hydrogen-bond donors (Lipinski definition) is 4. The third-order valence-electron chi connectivity index (χ3n) is 9.47. The largest absolute Gasteiger partial charge is 0.490 e. The minimum Gasteiger partial charge on any atom is -0.490 e. The van der Waals surface area contributed by atoms with Crippen LogP contribution >= 0.6 is 11.3 Å². The quantitative estimate of drug-likeness (QED) is 0.287. The fraction of sp³-hybridized carbons (Fsp3) is 0.613. The van der Waals surface area contributed by atoms with Crippen molar-refractivity contribution in [2.75, 3.05) is 63.1 Å². The molecule has 0 radical (unpaired) electrons. The Hall–Kier alpha value is -3.24. The third-order valence-corrected chi connectivity index (χ3v) is 10.6. The summed E-state index contributed by atoms with van der Waals surface area (Å²) in [5.41, 5.74) is 6.68. The SMILES string of the molecule is CC1(C(=O)NC(=N)c2cc(OC3CCNCC3)cc(N3CCC(N4CCOCC4)CC3)n2)CCCc2sc(N)c(C#N)c21. The number of nitriles is 1. The zero-order chi connectivity index (χ0) is 30.0. The first kappa shape index (κ1) is 29.8. The van der Waals surface area contributed by atoms with Gasteiger partial charge in [-0.3, -0.25) is 15.1 Å². The van der Waals surface area contributed by atoms with Crippen LogP contribution in [-0.4, -0.2) is 86.3 Å². The van der Waals surface area contributed by atoms with Gasteiger partial charge in [-0.15, -0.1) is 11.3 Å². The Kier molecular flexibility index (Phi) is 8.86. The van der Waals surface area contributed by atoms with Crippen molar-refractivity contribution < 1.29 is 14.3 Å². The van der Waals surface area contributed by atoms with Gasteiger partial charge in [-0.05, 0) is 65.0 Å². The van der Waals surface area contributed by atoms with Gasteiger partial charge in [0.2, 0.25) is 5.91 Å². The average molecular weight is 607 g/mol. The van der Waals surface area contributed by atoms with Crippen molar-refractivity contribution in [2.24, 2.45) is 0 Å². The minimum atomic E-state index is -0.952. The van der Waals surface area contributed by atoms with Gasteiger partial charge in [-0.25, -0.2) is 4.98 Å². The minimum absolute atomic E-state index is 0.0692. The summed E-state index contributed by atoms with van der Waals surface area (Å²) in [6, 6.07) is 6.51. The highest BCUT2D eigenvalue weighted by Crippen LogP contribution is 2.45. The number of piperidine rings is 2. The molecule has 1 amide bonds. The van der Waals surface area contributed by atoms with Crippen LogP contribution in [0.3, 0.4) is 0 Å². The van der Waals surface area contributed by atoms with Crippen LogP contribution in [0, 0.1) is 16.7 Å². The number of carbonyl (C=O) groups excluding carboxylic acids is 1. The van der Waals surface area contributed by atoms with E-state index in [1.54, 1.807) is 6.07 Å². The average Bonchev–Trinajstić information content (AvgIpc) is 3.38. The number of ether oxygens (including phenoxy) is 2. The zero-order valence-electron chi connectivity index (χ0n) is 24.9. The second kappa shape index (κ2) is 12.8. The molecule has 4 aliphatic rings. The summed E-state index contributed by atoms with van der Waals surface area (Å²) in [6.07, 6.45) is 6.20. The Balaban J connectivity index is 1.22. The predicted molar refractivity (Wildman–Crippen MR) is 167 cm³/mol. The van der Waals surface area contributed by atoms with E-state index in [2.05, 4.69) is 26.5 Å². The molecule has 6 rings (SSSR count). The van der Waals surface area contributed by atoms with Crippen molar-refractivity contribution in [1.29, 1.82) is 10.7 Å². The maximum atomic E-state index is 13.8. The molecule has 0 spiro atoms. The molecule has 2 aromatic heterocycles. The highest BCUT2D eigenvalue weighted by Gasteiger charge is 2.43. The van der Waals surface area contributed by atoms with Crippen LogP contribution in [0.15, 0.2) is 12.1 Å². The number of pyridine rings is 1. The van der Waals surface area contributed by atoms with Gasteiger partial charge in [0.05, 0.1) is 24.2 Å². The maximum Gasteiger partial charge on any atom is 0.236 e. The second-order valence-electron chi connectivity index (χ2n) is 12.2. The van der Waals surface area contributed by atoms with Gasteiger partial charge in [0, 0.05) is 54.8 Å². The standard InChI is InChI=1S/C31H42N8O3S/c1-31(8-2-3-25-27(31)23(19-32)29(34)43-25)30(40)37-28(33)24-17-22(42-21-4-9-35-10-5-21)18-26(36-24)39-11-6-20(7-12-39)38-13-15-41-16-14-38/h17-18,20-21,35H,2-16,34H2,1H3,(H2,33,37,40). The number of anilines is 2. The van der Waals surface area contributed by atoms with E-state index in [0.717, 1.165) is 102 Å². The number of morpholine rings is 1. The summed E-state index contributed by atoms with van der Waals surface area (Å²) in [7, 11) is 0. The van der Waals surface area contributed by atoms with Crippen LogP contribution in [0.5, 0.6) is 5.75 Å². The second-order valence-corrected chi connectivity index (χ2v) is 13.4. The highest BCUT2D eigenvalue weighted by molar-refractivity contribution is 7.16. The van der Waals surface area contributed by atoms with E-state index < -0.39 is 5.41 Å². The number of amides is 1. The van der Waals surface area contributed by atoms with E-state index >= 15 is 0 Å². The number of hydrogen-bond acceptors (Lipinski definition) is 11. The van der Waals surface area contributed by atoms with E-state index in [1.807, 2.05) is 13.0 Å². The Bertz CT molecular complexity index is 1390. The molecule has 3 fully saturated rings. The Morgan fingerprint density at radius 1 is 1.23 bits per heavy atom. The van der Waals surface area contributed by atoms with Crippen LogP contribution in [0.4, 0.5) is 10.8 Å². The van der Waals surface area contributed by atoms with Crippen molar-refractivity contribution in [3.05, 3.63) is 33.8 Å². The number of amidine groups is 1. The van der Waals surface area contributed by atoms with E-state index in [1.165, 1.54) is 11.3 Å². The first-order valence-electron chi connectivity index (χ1n) is 15.5. The Labute approximate surface area is 257 Å². The number of aromatic nitrogens is 1. The molecular weight excluding hydrogens is 564 g/mol. The van der Waals surface area contributed by atoms with E-state index in [4.69, 9.17) is 25.6 Å². The molecule has 12 heteroatoms. The molecule has 3 saturated heterocycles. The molecule has 230 valence electrons. The summed E-state index contributed by atoms with van der Waals surface area (Å²) in [5.74, 6) is 1.06. The maximum absolute atomic E-state index is 13.8. The number of nitrogens with one attached hydrogen (secondary N) is 3. The molecule has 0 aromatic carbocycles. The van der Waals surface area contributed by atoms with Crippen LogP contribution in [0.1, 0.15) is 67.1 Å². The molecule has 5 heterocycles. The van der Waals surface area contributed by atoms with Crippen LogP contribution in [-0.2, 0) is 21.4 Å². The van der Waals surface area contributed by atoms with Crippen molar-refractivity contribution >= 4 is 33.9 Å². The molecule has 0 bridgehead atoms. The lowest BCUT2D eigenvalue weighted by atomic mass is 9.72. The summed E-state index contributed by atoms with van der Waals surface area (Å²) in [6.45, 7) is 8.97. The van der Waals surface area contributed by atoms with Gasteiger partial charge in [0.25, 0.3) is 0 Å². The van der Waals surface area contributed by atoms with Crippen LogP contribution in [0.25, 0.3) is 0 Å². The van der Waals surface area contributed by atoms with E-state index in [-0.39, 0.29) is 17.8 Å². The summed E-state index contributed by atoms with van der Waals surface area (Å²) in [4.78, 5) is 24.5. The Morgan fingerprint density at radius 2 is 1.98 bits per heavy atom. The van der Waals surface area contributed by atoms with Crippen LogP contribution < -0.4 is 26.0 Å². The number of thiophene rings is 1. The molecule has 1 aliphatic carbocycles. The van der Waals surface area contributed by atoms with Gasteiger partial charge >= 0.3 is 0 Å². The smallest absolute Gasteiger partial charge is 0.236 e. The topological polar surface area (TPSA) is 153 Å². The molecule has 11 nitrogen and oxygen atoms in total. The summed E-state index contributed by atoms with van der Waals surface area (Å²) >= 11 is 1.40. The predicted octanol–water partition coefficient (Wildman–Crippen LogP) is 2.76. The fourth-order valence-corrected chi connectivity index (χ4v) is 8.19. The fourth-order valence-electron chi connectivity index (χ4n) is 7.00. The molecule has 1 unspecified atom stereocenters. The van der Waals surface area contributed by atoms with Gasteiger partial charge in [-0.2, -0.15) is 5.26 Å². The van der Waals surface area contributed by atoms with E-state index in [0.29, 0.717) is 40.0 Å². The van der Waals surface area contributed by atoms with Crippen molar-refractivity contribution in [1.82, 2.24) is 20.5 Å². The first-order chi connectivity index (χ1) is 20.9. The number of nitrogen functional groups attached to an aromatic ring is 1. The number of aryl methyl sites for hydroxylation is 1. The number of nitrogens with two attached hydrogens (primary N) is 1. The molecule has 43 heavy (non-hydrogen) atoms. The first-order valence-corrected chi connectivity index (χ1v) is 16.4. The normalized spacial score (nSPS) is 23.8. The third kappa shape index (κ3) is 6.22. The van der Waals surface area contributed by atoms with Crippen molar-refractivity contribution in [3.63, 3.8) is 0 Å². The van der Waals surface area contributed by atoms with Gasteiger partial charge in [0.15, 0.2) is 5.84 Å². The molecule has 3 aliphatic heterocycles. The van der Waals surface area contributed by atoms with Crippen molar-refractivity contribution in [2.45, 2.75) is 69.4 Å². The lowest BCUT2D eigenvalue weighted by molar-refractivity contribution is -0.125. The zero-order valence-corrected chi connectivity index (χ0v) is 25.7. The van der Waals surface area contributed by atoms with Crippen molar-refractivity contribution in [3.8, 4) is 11.8 Å². The molecular formula is C31H42N8O3S. The molecule has 2 aromatic rings.